The highest BCUT2D eigenvalue weighted by molar-refractivity contribution is 7.12. The molecule has 6 heteroatoms. The molecular weight excluding hydrogens is 443 g/mol. The molecule has 0 amide bonds. The summed E-state index contributed by atoms with van der Waals surface area (Å²) in [4.78, 5) is 5.78. The van der Waals surface area contributed by atoms with Gasteiger partial charge in [0.25, 0.3) is 0 Å². The van der Waals surface area contributed by atoms with E-state index in [1.165, 1.54) is 24.2 Å². The van der Waals surface area contributed by atoms with Crippen LogP contribution < -0.4 is 10.5 Å². The molecule has 1 fully saturated rings. The van der Waals surface area contributed by atoms with E-state index in [0.717, 1.165) is 33.1 Å². The van der Waals surface area contributed by atoms with E-state index in [4.69, 9.17) is 27.1 Å². The van der Waals surface area contributed by atoms with Crippen LogP contribution in [0.1, 0.15) is 52.2 Å². The van der Waals surface area contributed by atoms with E-state index in [0.29, 0.717) is 22.3 Å². The summed E-state index contributed by atoms with van der Waals surface area (Å²) in [6.45, 7) is 3.77. The minimum absolute atomic E-state index is 0.0276. The minimum atomic E-state index is -0.513. The second-order valence-corrected chi connectivity index (χ2v) is 9.95. The highest BCUT2D eigenvalue weighted by Gasteiger charge is 2.26. The van der Waals surface area contributed by atoms with Crippen LogP contribution in [0.2, 0.25) is 5.02 Å². The first-order chi connectivity index (χ1) is 15.4. The standard InChI is InChI=1S/C26H26ClFN2OS/c1-15-4-7-19(13-23(15)28)18(12-17-5-6-17)8-11-24(29)26-30-25(16(2)32-26)21-10-9-20(31-3)14-22(21)27/h4,7,9-10,13-14,17-18,24H,5-6,12,29H2,1-3H3. The van der Waals surface area contributed by atoms with Crippen molar-refractivity contribution in [2.24, 2.45) is 11.7 Å². The topological polar surface area (TPSA) is 48.1 Å². The van der Waals surface area contributed by atoms with Gasteiger partial charge in [-0.2, -0.15) is 0 Å². The van der Waals surface area contributed by atoms with Gasteiger partial charge in [0.1, 0.15) is 22.6 Å². The van der Waals surface area contributed by atoms with Crippen molar-refractivity contribution in [3.63, 3.8) is 0 Å². The minimum Gasteiger partial charge on any atom is -0.497 e. The number of methoxy groups -OCH3 is 1. The maximum atomic E-state index is 14.1. The average molecular weight is 469 g/mol. The van der Waals surface area contributed by atoms with Crippen molar-refractivity contribution in [2.75, 3.05) is 7.11 Å². The van der Waals surface area contributed by atoms with E-state index in [2.05, 4.69) is 11.8 Å². The Hall–Kier alpha value is -2.39. The summed E-state index contributed by atoms with van der Waals surface area (Å²) in [5.41, 5.74) is 9.63. The van der Waals surface area contributed by atoms with Crippen molar-refractivity contribution in [1.82, 2.24) is 4.98 Å². The molecule has 0 spiro atoms. The lowest BCUT2D eigenvalue weighted by atomic mass is 9.93. The van der Waals surface area contributed by atoms with Crippen LogP contribution in [0, 0.1) is 37.4 Å². The number of thiazole rings is 1. The first-order valence-electron chi connectivity index (χ1n) is 10.7. The Bertz CT molecular complexity index is 1190. The Labute approximate surface area is 197 Å². The molecule has 2 N–H and O–H groups in total. The largest absolute Gasteiger partial charge is 0.497 e. The van der Waals surface area contributed by atoms with Crippen molar-refractivity contribution < 1.29 is 9.13 Å². The molecule has 3 aromatic rings. The summed E-state index contributed by atoms with van der Waals surface area (Å²) in [6.07, 6.45) is 3.37. The Morgan fingerprint density at radius 2 is 2.00 bits per heavy atom. The van der Waals surface area contributed by atoms with E-state index in [1.807, 2.05) is 31.2 Å². The molecule has 0 bridgehead atoms. The molecule has 1 heterocycles. The summed E-state index contributed by atoms with van der Waals surface area (Å²) in [5.74, 6) is 7.67. The number of nitrogens with two attached hydrogens (primary N) is 1. The first kappa shape index (κ1) is 22.8. The SMILES string of the molecule is COc1ccc(-c2nc(C(N)C#CC(CC3CC3)c3ccc(C)c(F)c3)sc2C)c(Cl)c1. The van der Waals surface area contributed by atoms with Crippen LogP contribution in [0.4, 0.5) is 4.39 Å². The van der Waals surface area contributed by atoms with E-state index in [1.54, 1.807) is 26.2 Å². The molecule has 166 valence electrons. The molecule has 0 aliphatic heterocycles. The third-order valence-corrected chi connectivity index (χ3v) is 7.15. The van der Waals surface area contributed by atoms with E-state index in [9.17, 15) is 4.39 Å². The Morgan fingerprint density at radius 1 is 1.22 bits per heavy atom. The molecule has 0 saturated heterocycles. The second kappa shape index (κ2) is 9.62. The van der Waals surface area contributed by atoms with Crippen molar-refractivity contribution >= 4 is 22.9 Å². The average Bonchev–Trinajstić information content (AvgIpc) is 3.52. The fourth-order valence-electron chi connectivity index (χ4n) is 3.66. The van der Waals surface area contributed by atoms with Gasteiger partial charge in [0.05, 0.1) is 17.8 Å². The van der Waals surface area contributed by atoms with E-state index >= 15 is 0 Å². The van der Waals surface area contributed by atoms with Gasteiger partial charge >= 0.3 is 0 Å². The van der Waals surface area contributed by atoms with Crippen molar-refractivity contribution in [3.8, 4) is 28.8 Å². The smallest absolute Gasteiger partial charge is 0.126 e. The van der Waals surface area contributed by atoms with Gasteiger partial charge in [0, 0.05) is 16.4 Å². The number of halogens is 2. The van der Waals surface area contributed by atoms with E-state index < -0.39 is 6.04 Å². The summed E-state index contributed by atoms with van der Waals surface area (Å²) in [7, 11) is 1.61. The quantitative estimate of drug-likeness (QED) is 0.404. The number of aromatic nitrogens is 1. The van der Waals surface area contributed by atoms with Gasteiger partial charge in [0.15, 0.2) is 0 Å². The molecule has 2 aromatic carbocycles. The maximum absolute atomic E-state index is 14.1. The van der Waals surface area contributed by atoms with Gasteiger partial charge in [0.2, 0.25) is 0 Å². The molecular formula is C26H26ClFN2OS. The van der Waals surface area contributed by atoms with Gasteiger partial charge < -0.3 is 10.5 Å². The van der Waals surface area contributed by atoms with Crippen LogP contribution in [0.3, 0.4) is 0 Å². The molecule has 2 atom stereocenters. The highest BCUT2D eigenvalue weighted by atomic mass is 35.5. The van der Waals surface area contributed by atoms with Gasteiger partial charge in [-0.1, -0.05) is 48.4 Å². The fourth-order valence-corrected chi connectivity index (χ4v) is 4.81. The summed E-state index contributed by atoms with van der Waals surface area (Å²) in [6, 6.07) is 10.4. The zero-order chi connectivity index (χ0) is 22.8. The van der Waals surface area contributed by atoms with E-state index in [-0.39, 0.29) is 11.7 Å². The predicted octanol–water partition coefficient (Wildman–Crippen LogP) is 6.82. The van der Waals surface area contributed by atoms with Crippen LogP contribution in [0.5, 0.6) is 5.75 Å². The van der Waals surface area contributed by atoms with Crippen LogP contribution in [0.15, 0.2) is 36.4 Å². The molecule has 1 aromatic heterocycles. The second-order valence-electron chi connectivity index (χ2n) is 8.31. The van der Waals surface area contributed by atoms with Crippen molar-refractivity contribution in [2.45, 2.75) is 45.1 Å². The van der Waals surface area contributed by atoms with Crippen LogP contribution in [-0.4, -0.2) is 12.1 Å². The predicted molar refractivity (Wildman–Crippen MR) is 130 cm³/mol. The summed E-state index contributed by atoms with van der Waals surface area (Å²) >= 11 is 7.97. The Balaban J connectivity index is 1.59. The lowest BCUT2D eigenvalue weighted by molar-refractivity contribution is 0.415. The van der Waals surface area contributed by atoms with Crippen LogP contribution >= 0.6 is 22.9 Å². The third-order valence-electron chi connectivity index (χ3n) is 5.79. The zero-order valence-electron chi connectivity index (χ0n) is 18.4. The Morgan fingerprint density at radius 3 is 2.66 bits per heavy atom. The number of hydrogen-bond donors (Lipinski definition) is 1. The molecule has 1 saturated carbocycles. The van der Waals surface area contributed by atoms with Crippen molar-refractivity contribution in [1.29, 1.82) is 0 Å². The first-order valence-corrected chi connectivity index (χ1v) is 11.9. The molecule has 32 heavy (non-hydrogen) atoms. The summed E-state index contributed by atoms with van der Waals surface area (Å²) < 4.78 is 19.4. The fraction of sp³-hybridized carbons (Fsp3) is 0.346. The van der Waals surface area contributed by atoms with Gasteiger partial charge in [-0.3, -0.25) is 0 Å². The maximum Gasteiger partial charge on any atom is 0.126 e. The normalized spacial score (nSPS) is 15.1. The van der Waals surface area contributed by atoms with Gasteiger partial charge in [-0.05, 0) is 61.6 Å². The van der Waals surface area contributed by atoms with Crippen molar-refractivity contribution in [3.05, 3.63) is 68.2 Å². The monoisotopic (exact) mass is 468 g/mol. The van der Waals surface area contributed by atoms with Crippen LogP contribution in [0.25, 0.3) is 11.3 Å². The molecule has 3 nitrogen and oxygen atoms in total. The molecule has 4 rings (SSSR count). The number of ether oxygens (including phenoxy) is 1. The lowest BCUT2D eigenvalue weighted by Gasteiger charge is -2.12. The van der Waals surface area contributed by atoms with Gasteiger partial charge in [-0.25, -0.2) is 9.37 Å². The van der Waals surface area contributed by atoms with Crippen LogP contribution in [-0.2, 0) is 0 Å². The number of benzene rings is 2. The lowest BCUT2D eigenvalue weighted by Crippen LogP contribution is -2.08. The zero-order valence-corrected chi connectivity index (χ0v) is 20.0. The molecule has 1 aliphatic rings. The summed E-state index contributed by atoms with van der Waals surface area (Å²) in [5, 5.41) is 1.33. The number of aryl methyl sites for hydroxylation is 2. The third kappa shape index (κ3) is 5.15. The Kier molecular flexibility index (Phi) is 6.85. The highest BCUT2D eigenvalue weighted by Crippen LogP contribution is 2.39. The number of rotatable bonds is 6. The molecule has 2 unspecified atom stereocenters. The molecule has 0 radical (unpaired) electrons. The number of nitrogens with zero attached hydrogens (tertiary/aromatic N) is 1. The number of hydrogen-bond acceptors (Lipinski definition) is 4. The van der Waals surface area contributed by atoms with Gasteiger partial charge in [-0.15, -0.1) is 11.3 Å². The molecule has 1 aliphatic carbocycles.